The van der Waals surface area contributed by atoms with Crippen LogP contribution in [0.3, 0.4) is 0 Å². The van der Waals surface area contributed by atoms with E-state index in [-0.39, 0.29) is 11.6 Å². The summed E-state index contributed by atoms with van der Waals surface area (Å²) in [6.45, 7) is 4.98. The molecule has 0 amide bonds. The molecule has 0 radical (unpaired) electrons. The van der Waals surface area contributed by atoms with E-state index in [4.69, 9.17) is 14.0 Å². The van der Waals surface area contributed by atoms with Gasteiger partial charge in [-0.1, -0.05) is 5.16 Å². The first-order valence-electron chi connectivity index (χ1n) is 10.6. The van der Waals surface area contributed by atoms with Gasteiger partial charge < -0.3 is 18.9 Å². The number of rotatable bonds is 8. The van der Waals surface area contributed by atoms with E-state index in [1.54, 1.807) is 31.4 Å². The molecule has 164 valence electrons. The summed E-state index contributed by atoms with van der Waals surface area (Å²) in [5.74, 6) is 1.25. The zero-order valence-electron chi connectivity index (χ0n) is 17.9. The largest absolute Gasteiger partial charge is 0.493 e. The Balaban J connectivity index is 1.25. The quantitative estimate of drug-likeness (QED) is 0.380. The molecule has 31 heavy (non-hydrogen) atoms. The van der Waals surface area contributed by atoms with Crippen molar-refractivity contribution >= 4 is 16.8 Å². The zero-order chi connectivity index (χ0) is 21.8. The number of hydrogen-bond donors (Lipinski definition) is 0. The normalized spacial score (nSPS) is 15.3. The molecule has 0 atom stereocenters. The van der Waals surface area contributed by atoms with Crippen LogP contribution in [-0.2, 0) is 0 Å². The Morgan fingerprint density at radius 3 is 2.74 bits per heavy atom. The molecule has 2 heterocycles. The molecule has 1 saturated heterocycles. The van der Waals surface area contributed by atoms with Gasteiger partial charge in [0.05, 0.1) is 19.4 Å². The topological polar surface area (TPSA) is 64.8 Å². The summed E-state index contributed by atoms with van der Waals surface area (Å²) < 4.78 is 29.9. The van der Waals surface area contributed by atoms with Crippen LogP contribution in [0.25, 0.3) is 11.0 Å². The van der Waals surface area contributed by atoms with Crippen LogP contribution < -0.4 is 9.47 Å². The van der Waals surface area contributed by atoms with Crippen molar-refractivity contribution in [1.29, 1.82) is 0 Å². The molecule has 0 bridgehead atoms. The van der Waals surface area contributed by atoms with Gasteiger partial charge in [0.1, 0.15) is 5.82 Å². The second kappa shape index (κ2) is 9.47. The molecular weight excluding hydrogens is 399 g/mol. The van der Waals surface area contributed by atoms with Crippen LogP contribution in [-0.4, -0.2) is 49.2 Å². The number of carbonyl (C=O) groups excluding carboxylic acids is 1. The third-order valence-electron chi connectivity index (χ3n) is 5.88. The molecule has 2 aromatic carbocycles. The van der Waals surface area contributed by atoms with Gasteiger partial charge in [0, 0.05) is 29.5 Å². The van der Waals surface area contributed by atoms with Gasteiger partial charge in [0.2, 0.25) is 0 Å². The molecule has 0 saturated carbocycles. The Morgan fingerprint density at radius 1 is 1.19 bits per heavy atom. The second-order valence-corrected chi connectivity index (χ2v) is 7.95. The number of carbonyl (C=O) groups is 1. The predicted octanol–water partition coefficient (Wildman–Crippen LogP) is 4.83. The molecule has 0 spiro atoms. The van der Waals surface area contributed by atoms with Gasteiger partial charge in [-0.25, -0.2) is 4.39 Å². The number of ether oxygens (including phenoxy) is 2. The van der Waals surface area contributed by atoms with Crippen molar-refractivity contribution in [2.75, 3.05) is 33.4 Å². The van der Waals surface area contributed by atoms with Gasteiger partial charge in [-0.15, -0.1) is 0 Å². The zero-order valence-corrected chi connectivity index (χ0v) is 17.9. The molecule has 3 aromatic rings. The number of ketones is 1. The van der Waals surface area contributed by atoms with Crippen LogP contribution in [0.1, 0.15) is 48.2 Å². The smallest absolute Gasteiger partial charge is 0.170 e. The maximum atomic E-state index is 13.4. The first kappa shape index (κ1) is 21.3. The Morgan fingerprint density at radius 2 is 2.00 bits per heavy atom. The minimum absolute atomic E-state index is 0.000370. The van der Waals surface area contributed by atoms with Crippen LogP contribution in [0.15, 0.2) is 40.9 Å². The fraction of sp³-hybridized carbons (Fsp3) is 0.417. The third kappa shape index (κ3) is 4.88. The van der Waals surface area contributed by atoms with Gasteiger partial charge >= 0.3 is 0 Å². The molecule has 0 aliphatic carbocycles. The lowest BCUT2D eigenvalue weighted by atomic mass is 9.91. The monoisotopic (exact) mass is 426 g/mol. The summed E-state index contributed by atoms with van der Waals surface area (Å²) in [7, 11) is 1.59. The van der Waals surface area contributed by atoms with Gasteiger partial charge in [-0.2, -0.15) is 0 Å². The number of hydrogen-bond acceptors (Lipinski definition) is 6. The number of methoxy groups -OCH3 is 1. The molecule has 1 aliphatic rings. The number of benzene rings is 2. The number of fused-ring (bicyclic) bond motifs is 1. The minimum atomic E-state index is -0.308. The fourth-order valence-electron chi connectivity index (χ4n) is 4.13. The van der Waals surface area contributed by atoms with Crippen molar-refractivity contribution in [2.24, 2.45) is 0 Å². The first-order valence-corrected chi connectivity index (χ1v) is 10.6. The van der Waals surface area contributed by atoms with E-state index in [1.165, 1.54) is 19.1 Å². The number of piperidine rings is 1. The highest BCUT2D eigenvalue weighted by molar-refractivity contribution is 5.94. The number of Topliss-reactive ketones (excluding diaryl/α,β-unsaturated/α-hetero) is 1. The lowest BCUT2D eigenvalue weighted by Crippen LogP contribution is -2.34. The van der Waals surface area contributed by atoms with E-state index >= 15 is 0 Å². The van der Waals surface area contributed by atoms with E-state index in [1.807, 2.05) is 0 Å². The molecule has 1 fully saturated rings. The molecule has 0 unspecified atom stereocenters. The summed E-state index contributed by atoms with van der Waals surface area (Å²) in [6, 6.07) is 9.85. The maximum absolute atomic E-state index is 13.4. The summed E-state index contributed by atoms with van der Waals surface area (Å²) in [6.07, 6.45) is 2.87. The van der Waals surface area contributed by atoms with Crippen LogP contribution in [0, 0.1) is 5.82 Å². The highest BCUT2D eigenvalue weighted by atomic mass is 19.1. The SMILES string of the molecule is COc1ccc(C(C)=O)cc1OCCCN1CCC(c2noc3cc(F)ccc23)CC1. The lowest BCUT2D eigenvalue weighted by Gasteiger charge is -2.31. The molecular formula is C24H27FN2O4. The average Bonchev–Trinajstić information content (AvgIpc) is 3.20. The number of halogens is 1. The second-order valence-electron chi connectivity index (χ2n) is 7.95. The van der Waals surface area contributed by atoms with Gasteiger partial charge in [0.15, 0.2) is 22.9 Å². The molecule has 0 N–H and O–H groups in total. The summed E-state index contributed by atoms with van der Waals surface area (Å²) >= 11 is 0. The van der Waals surface area contributed by atoms with Crippen molar-refractivity contribution in [3.8, 4) is 11.5 Å². The molecule has 7 heteroatoms. The Hall–Kier alpha value is -2.93. The standard InChI is InChI=1S/C24H27FN2O4/c1-16(28)18-4-7-21(29-2)23(14-18)30-13-3-10-27-11-8-17(9-12-27)24-20-6-5-19(25)15-22(20)31-26-24/h4-7,14-15,17H,3,8-13H2,1-2H3. The first-order chi connectivity index (χ1) is 15.0. The van der Waals surface area contributed by atoms with E-state index < -0.39 is 0 Å². The van der Waals surface area contributed by atoms with Crippen molar-refractivity contribution in [2.45, 2.75) is 32.1 Å². The number of aromatic nitrogens is 1. The van der Waals surface area contributed by atoms with E-state index in [0.29, 0.717) is 35.2 Å². The summed E-state index contributed by atoms with van der Waals surface area (Å²) in [5.41, 5.74) is 2.07. The van der Waals surface area contributed by atoms with E-state index in [2.05, 4.69) is 10.1 Å². The number of nitrogens with zero attached hydrogens (tertiary/aromatic N) is 2. The van der Waals surface area contributed by atoms with Crippen molar-refractivity contribution in [3.63, 3.8) is 0 Å². The van der Waals surface area contributed by atoms with Crippen molar-refractivity contribution in [1.82, 2.24) is 10.1 Å². The molecule has 1 aromatic heterocycles. The number of likely N-dealkylation sites (tertiary alicyclic amines) is 1. The molecule has 4 rings (SSSR count). The fourth-order valence-corrected chi connectivity index (χ4v) is 4.13. The minimum Gasteiger partial charge on any atom is -0.493 e. The van der Waals surface area contributed by atoms with E-state index in [9.17, 15) is 9.18 Å². The van der Waals surface area contributed by atoms with Crippen LogP contribution in [0.2, 0.25) is 0 Å². The van der Waals surface area contributed by atoms with Gasteiger partial charge in [-0.3, -0.25) is 4.79 Å². The van der Waals surface area contributed by atoms with E-state index in [0.717, 1.165) is 50.0 Å². The van der Waals surface area contributed by atoms with Gasteiger partial charge in [0.25, 0.3) is 0 Å². The Labute approximate surface area is 180 Å². The molecule has 1 aliphatic heterocycles. The van der Waals surface area contributed by atoms with Crippen LogP contribution in [0.5, 0.6) is 11.5 Å². The van der Waals surface area contributed by atoms with Crippen molar-refractivity contribution in [3.05, 3.63) is 53.5 Å². The maximum Gasteiger partial charge on any atom is 0.170 e. The summed E-state index contributed by atoms with van der Waals surface area (Å²) in [4.78, 5) is 14.0. The van der Waals surface area contributed by atoms with Crippen molar-refractivity contribution < 1.29 is 23.2 Å². The van der Waals surface area contributed by atoms with Crippen LogP contribution in [0.4, 0.5) is 4.39 Å². The predicted molar refractivity (Wildman–Crippen MR) is 115 cm³/mol. The molecule has 6 nitrogen and oxygen atoms in total. The highest BCUT2D eigenvalue weighted by Gasteiger charge is 2.25. The van der Waals surface area contributed by atoms with Crippen LogP contribution >= 0.6 is 0 Å². The third-order valence-corrected chi connectivity index (χ3v) is 5.88. The average molecular weight is 426 g/mol. The Kier molecular flexibility index (Phi) is 6.51. The summed E-state index contributed by atoms with van der Waals surface area (Å²) in [5, 5.41) is 5.13. The lowest BCUT2D eigenvalue weighted by molar-refractivity contribution is 0.101. The Bertz CT molecular complexity index is 1060. The highest BCUT2D eigenvalue weighted by Crippen LogP contribution is 2.33. The van der Waals surface area contributed by atoms with Gasteiger partial charge in [-0.05, 0) is 69.6 Å².